The van der Waals surface area contributed by atoms with Crippen LogP contribution in [-0.4, -0.2) is 18.1 Å². The van der Waals surface area contributed by atoms with Gasteiger partial charge in [-0.3, -0.25) is 4.79 Å². The first-order chi connectivity index (χ1) is 8.12. The number of halogens is 5. The van der Waals surface area contributed by atoms with Crippen molar-refractivity contribution < 1.29 is 22.7 Å². The van der Waals surface area contributed by atoms with Gasteiger partial charge >= 0.3 is 6.18 Å². The number of rotatable bonds is 3. The highest BCUT2D eigenvalue weighted by molar-refractivity contribution is 6.37. The van der Waals surface area contributed by atoms with E-state index >= 15 is 0 Å². The van der Waals surface area contributed by atoms with Gasteiger partial charge in [0.1, 0.15) is 0 Å². The van der Waals surface area contributed by atoms with Crippen molar-refractivity contribution in [2.45, 2.75) is 26.1 Å². The van der Waals surface area contributed by atoms with E-state index in [4.69, 9.17) is 27.9 Å². The van der Waals surface area contributed by atoms with Crippen LogP contribution in [0.1, 0.15) is 24.2 Å². The van der Waals surface area contributed by atoms with E-state index in [1.165, 1.54) is 0 Å². The number of alkyl halides is 3. The van der Waals surface area contributed by atoms with E-state index in [0.29, 0.717) is 0 Å². The third-order valence-electron chi connectivity index (χ3n) is 1.87. The summed E-state index contributed by atoms with van der Waals surface area (Å²) in [6, 6.07) is 1.78. The summed E-state index contributed by atoms with van der Waals surface area (Å²) in [5.41, 5.74) is -0.617. The lowest BCUT2D eigenvalue weighted by Crippen LogP contribution is -2.22. The zero-order chi connectivity index (χ0) is 14.1. The maximum Gasteiger partial charge on any atom is 0.454 e. The summed E-state index contributed by atoms with van der Waals surface area (Å²) < 4.78 is 42.0. The molecule has 0 amide bonds. The Hall–Kier alpha value is -0.940. The minimum absolute atomic E-state index is 0.0621. The van der Waals surface area contributed by atoms with Gasteiger partial charge in [-0.15, -0.1) is 0 Å². The number of benzene rings is 1. The monoisotopic (exact) mass is 300 g/mol. The molecule has 1 rings (SSSR count). The molecule has 1 aromatic carbocycles. The number of hydrogen-bond acceptors (Lipinski definition) is 2. The molecule has 0 fully saturated rings. The molecule has 0 aliphatic rings. The van der Waals surface area contributed by atoms with Crippen molar-refractivity contribution in [2.24, 2.45) is 0 Å². The summed E-state index contributed by atoms with van der Waals surface area (Å²) in [5, 5.41) is -0.271. The fraction of sp³-hybridized carbons (Fsp3) is 0.364. The van der Waals surface area contributed by atoms with Crippen LogP contribution in [-0.2, 0) is 0 Å². The maximum atomic E-state index is 12.2. The SMILES string of the molecule is CC(C)Oc1c(Cl)cc(C(=O)C(F)(F)F)cc1Cl. The molecule has 0 saturated carbocycles. The fourth-order valence-electron chi connectivity index (χ4n) is 1.20. The fourth-order valence-corrected chi connectivity index (χ4v) is 1.78. The highest BCUT2D eigenvalue weighted by Gasteiger charge is 2.39. The molecule has 0 heterocycles. The number of carbonyl (C=O) groups is 1. The van der Waals surface area contributed by atoms with Crippen molar-refractivity contribution in [3.8, 4) is 5.75 Å². The molecule has 0 radical (unpaired) electrons. The molecule has 100 valence electrons. The first kappa shape index (κ1) is 15.1. The molecule has 7 heteroatoms. The van der Waals surface area contributed by atoms with E-state index in [0.717, 1.165) is 12.1 Å². The molecule has 0 spiro atoms. The smallest absolute Gasteiger partial charge is 0.454 e. The molecule has 0 atom stereocenters. The van der Waals surface area contributed by atoms with E-state index in [1.54, 1.807) is 13.8 Å². The molecule has 0 unspecified atom stereocenters. The molecule has 2 nitrogen and oxygen atoms in total. The Morgan fingerprint density at radius 3 is 2.00 bits per heavy atom. The Balaban J connectivity index is 3.19. The van der Waals surface area contributed by atoms with Crippen LogP contribution >= 0.6 is 23.2 Å². The molecular formula is C11H9Cl2F3O2. The lowest BCUT2D eigenvalue weighted by molar-refractivity contribution is -0.0885. The van der Waals surface area contributed by atoms with Gasteiger partial charge in [0.15, 0.2) is 5.75 Å². The second kappa shape index (κ2) is 5.36. The molecule has 18 heavy (non-hydrogen) atoms. The van der Waals surface area contributed by atoms with Crippen LogP contribution in [0.2, 0.25) is 10.0 Å². The predicted molar refractivity (Wildman–Crippen MR) is 62.6 cm³/mol. The first-order valence-corrected chi connectivity index (χ1v) is 5.65. The van der Waals surface area contributed by atoms with E-state index in [9.17, 15) is 18.0 Å². The van der Waals surface area contributed by atoms with Gasteiger partial charge in [-0.05, 0) is 26.0 Å². The zero-order valence-electron chi connectivity index (χ0n) is 9.44. The van der Waals surface area contributed by atoms with Crippen molar-refractivity contribution >= 4 is 29.0 Å². The van der Waals surface area contributed by atoms with Crippen LogP contribution in [0.3, 0.4) is 0 Å². The zero-order valence-corrected chi connectivity index (χ0v) is 11.0. The molecule has 0 N–H and O–H groups in total. The Labute approximate surface area is 112 Å². The number of ether oxygens (including phenoxy) is 1. The Morgan fingerprint density at radius 1 is 1.22 bits per heavy atom. The normalized spacial score (nSPS) is 11.8. The van der Waals surface area contributed by atoms with Crippen molar-refractivity contribution in [2.75, 3.05) is 0 Å². The van der Waals surface area contributed by atoms with E-state index in [2.05, 4.69) is 0 Å². The summed E-state index contributed by atoms with van der Waals surface area (Å²) >= 11 is 11.5. The van der Waals surface area contributed by atoms with Crippen LogP contribution in [0, 0.1) is 0 Å². The Kier molecular flexibility index (Phi) is 4.50. The lowest BCUT2D eigenvalue weighted by atomic mass is 10.1. The molecular weight excluding hydrogens is 292 g/mol. The van der Waals surface area contributed by atoms with Crippen molar-refractivity contribution in [1.82, 2.24) is 0 Å². The molecule has 0 aliphatic carbocycles. The van der Waals surface area contributed by atoms with Gasteiger partial charge in [0.05, 0.1) is 16.1 Å². The lowest BCUT2D eigenvalue weighted by Gasteiger charge is -2.14. The topological polar surface area (TPSA) is 26.3 Å². The Morgan fingerprint density at radius 2 is 1.67 bits per heavy atom. The van der Waals surface area contributed by atoms with Crippen molar-refractivity contribution in [3.05, 3.63) is 27.7 Å². The van der Waals surface area contributed by atoms with Gasteiger partial charge < -0.3 is 4.74 Å². The van der Waals surface area contributed by atoms with Gasteiger partial charge in [0, 0.05) is 5.56 Å². The standard InChI is InChI=1S/C11H9Cl2F3O2/c1-5(2)18-9-7(12)3-6(4-8(9)13)10(17)11(14,15)16/h3-5H,1-2H3. The third kappa shape index (κ3) is 3.53. The number of carbonyl (C=O) groups excluding carboxylic acids is 1. The van der Waals surface area contributed by atoms with E-state index in [1.807, 2.05) is 0 Å². The van der Waals surface area contributed by atoms with E-state index < -0.39 is 17.5 Å². The van der Waals surface area contributed by atoms with Gasteiger partial charge in [-0.25, -0.2) is 0 Å². The van der Waals surface area contributed by atoms with Crippen LogP contribution in [0.25, 0.3) is 0 Å². The maximum absolute atomic E-state index is 12.2. The van der Waals surface area contributed by atoms with Crippen LogP contribution < -0.4 is 4.74 Å². The number of hydrogen-bond donors (Lipinski definition) is 0. The van der Waals surface area contributed by atoms with Gasteiger partial charge in [0.25, 0.3) is 5.78 Å². The summed E-state index contributed by atoms with van der Waals surface area (Å²) in [6.07, 6.45) is -5.21. The second-order valence-corrected chi connectivity index (χ2v) is 4.58. The molecule has 1 aromatic rings. The highest BCUT2D eigenvalue weighted by Crippen LogP contribution is 2.36. The van der Waals surface area contributed by atoms with Gasteiger partial charge in [-0.2, -0.15) is 13.2 Å². The predicted octanol–water partition coefficient (Wildman–Crippen LogP) is 4.53. The minimum Gasteiger partial charge on any atom is -0.488 e. The first-order valence-electron chi connectivity index (χ1n) is 4.90. The largest absolute Gasteiger partial charge is 0.488 e. The number of ketones is 1. The minimum atomic E-state index is -4.97. The number of Topliss-reactive ketones (excluding diaryl/α,β-unsaturated/α-hetero) is 1. The van der Waals surface area contributed by atoms with Crippen molar-refractivity contribution in [1.29, 1.82) is 0 Å². The summed E-state index contributed by atoms with van der Waals surface area (Å²) in [7, 11) is 0. The summed E-state index contributed by atoms with van der Waals surface area (Å²) in [5.74, 6) is -1.94. The van der Waals surface area contributed by atoms with Gasteiger partial charge in [-0.1, -0.05) is 23.2 Å². The molecule has 0 saturated heterocycles. The quantitative estimate of drug-likeness (QED) is 0.767. The molecule has 0 aromatic heterocycles. The second-order valence-electron chi connectivity index (χ2n) is 3.76. The molecule has 0 aliphatic heterocycles. The average molecular weight is 301 g/mol. The average Bonchev–Trinajstić information content (AvgIpc) is 2.20. The summed E-state index contributed by atoms with van der Waals surface area (Å²) in [4.78, 5) is 11.0. The van der Waals surface area contributed by atoms with Crippen LogP contribution in [0.4, 0.5) is 13.2 Å². The third-order valence-corrected chi connectivity index (χ3v) is 2.43. The Bertz CT molecular complexity index is 447. The van der Waals surface area contributed by atoms with Crippen molar-refractivity contribution in [3.63, 3.8) is 0 Å². The van der Waals surface area contributed by atoms with E-state index in [-0.39, 0.29) is 21.9 Å². The van der Waals surface area contributed by atoms with Crippen LogP contribution in [0.5, 0.6) is 5.75 Å². The van der Waals surface area contributed by atoms with Crippen LogP contribution in [0.15, 0.2) is 12.1 Å². The highest BCUT2D eigenvalue weighted by atomic mass is 35.5. The summed E-state index contributed by atoms with van der Waals surface area (Å²) in [6.45, 7) is 3.42. The molecule has 0 bridgehead atoms. The van der Waals surface area contributed by atoms with Gasteiger partial charge in [0.2, 0.25) is 0 Å².